The summed E-state index contributed by atoms with van der Waals surface area (Å²) in [6.45, 7) is 3.62. The first-order valence-corrected chi connectivity index (χ1v) is 8.13. The first-order chi connectivity index (χ1) is 12.0. The Bertz CT molecular complexity index is 735. The molecular formula is C20H23NO4. The maximum absolute atomic E-state index is 11.9. The monoisotopic (exact) mass is 341 g/mol. The number of carbonyl (C=O) groups excluding carboxylic acids is 2. The predicted molar refractivity (Wildman–Crippen MR) is 96.8 cm³/mol. The van der Waals surface area contributed by atoms with Crippen LogP contribution in [0, 0.1) is 13.8 Å². The Morgan fingerprint density at radius 1 is 1.04 bits per heavy atom. The highest BCUT2D eigenvalue weighted by molar-refractivity contribution is 5.92. The summed E-state index contributed by atoms with van der Waals surface area (Å²) in [6.07, 6.45) is 0.693. The summed E-state index contributed by atoms with van der Waals surface area (Å²) in [7, 11) is 1.59. The third-order valence-corrected chi connectivity index (χ3v) is 3.66. The molecule has 5 heteroatoms. The van der Waals surface area contributed by atoms with Crippen molar-refractivity contribution >= 4 is 17.6 Å². The van der Waals surface area contributed by atoms with Gasteiger partial charge in [-0.15, -0.1) is 0 Å². The molecule has 0 bridgehead atoms. The van der Waals surface area contributed by atoms with Crippen LogP contribution >= 0.6 is 0 Å². The van der Waals surface area contributed by atoms with Crippen LogP contribution in [0.15, 0.2) is 42.5 Å². The molecule has 25 heavy (non-hydrogen) atoms. The standard InChI is InChI=1S/C20H23NO4/c1-14-10-15(2)12-17(11-14)21-19(22)13-25-20(23)9-8-16-6-4-5-7-18(16)24-3/h4-7,10-12H,8-9,13H2,1-3H3,(H,21,22). The van der Waals surface area contributed by atoms with Gasteiger partial charge in [0.15, 0.2) is 6.61 Å². The summed E-state index contributed by atoms with van der Waals surface area (Å²) < 4.78 is 10.3. The molecule has 0 atom stereocenters. The average molecular weight is 341 g/mol. The number of nitrogens with one attached hydrogen (secondary N) is 1. The second-order valence-electron chi connectivity index (χ2n) is 5.90. The van der Waals surface area contributed by atoms with Gasteiger partial charge in [-0.2, -0.15) is 0 Å². The molecule has 1 N–H and O–H groups in total. The van der Waals surface area contributed by atoms with Crippen LogP contribution in [0.5, 0.6) is 5.75 Å². The van der Waals surface area contributed by atoms with E-state index in [1.165, 1.54) is 0 Å². The van der Waals surface area contributed by atoms with E-state index in [1.54, 1.807) is 7.11 Å². The van der Waals surface area contributed by atoms with E-state index in [2.05, 4.69) is 5.32 Å². The SMILES string of the molecule is COc1ccccc1CCC(=O)OCC(=O)Nc1cc(C)cc(C)c1. The minimum atomic E-state index is -0.415. The molecule has 2 aromatic carbocycles. The van der Waals surface area contributed by atoms with Crippen molar-refractivity contribution in [2.45, 2.75) is 26.7 Å². The van der Waals surface area contributed by atoms with Gasteiger partial charge in [-0.25, -0.2) is 0 Å². The molecule has 0 aliphatic rings. The molecule has 132 valence electrons. The van der Waals surface area contributed by atoms with E-state index < -0.39 is 5.97 Å². The summed E-state index contributed by atoms with van der Waals surface area (Å²) in [5.74, 6) is -0.0278. The van der Waals surface area contributed by atoms with E-state index in [4.69, 9.17) is 9.47 Å². The van der Waals surface area contributed by atoms with Gasteiger partial charge in [-0.05, 0) is 55.2 Å². The zero-order chi connectivity index (χ0) is 18.2. The highest BCUT2D eigenvalue weighted by Crippen LogP contribution is 2.19. The number of anilines is 1. The average Bonchev–Trinajstić information content (AvgIpc) is 2.57. The number of rotatable bonds is 7. The minimum absolute atomic E-state index is 0.192. The summed E-state index contributed by atoms with van der Waals surface area (Å²) in [5.41, 5.74) is 3.75. The van der Waals surface area contributed by atoms with Crippen LogP contribution in [0.4, 0.5) is 5.69 Å². The van der Waals surface area contributed by atoms with Crippen LogP contribution < -0.4 is 10.1 Å². The lowest BCUT2D eigenvalue weighted by atomic mass is 10.1. The van der Waals surface area contributed by atoms with Crippen LogP contribution in [-0.4, -0.2) is 25.6 Å². The highest BCUT2D eigenvalue weighted by Gasteiger charge is 2.10. The minimum Gasteiger partial charge on any atom is -0.496 e. The summed E-state index contributed by atoms with van der Waals surface area (Å²) in [4.78, 5) is 23.7. The van der Waals surface area contributed by atoms with Gasteiger partial charge in [-0.1, -0.05) is 24.3 Å². The summed E-state index contributed by atoms with van der Waals surface area (Å²) in [5, 5.41) is 2.73. The number of methoxy groups -OCH3 is 1. The first-order valence-electron chi connectivity index (χ1n) is 8.13. The van der Waals surface area contributed by atoms with Gasteiger partial charge in [0, 0.05) is 12.1 Å². The number of hydrogen-bond donors (Lipinski definition) is 1. The smallest absolute Gasteiger partial charge is 0.306 e. The van der Waals surface area contributed by atoms with Gasteiger partial charge in [0.2, 0.25) is 0 Å². The molecule has 0 aromatic heterocycles. The van der Waals surface area contributed by atoms with Gasteiger partial charge in [-0.3, -0.25) is 9.59 Å². The van der Waals surface area contributed by atoms with E-state index in [1.807, 2.05) is 56.3 Å². The molecule has 0 saturated carbocycles. The zero-order valence-corrected chi connectivity index (χ0v) is 14.8. The van der Waals surface area contributed by atoms with Gasteiger partial charge in [0.05, 0.1) is 7.11 Å². The van der Waals surface area contributed by atoms with Crippen molar-refractivity contribution in [2.75, 3.05) is 19.0 Å². The fraction of sp³-hybridized carbons (Fsp3) is 0.300. The lowest BCUT2D eigenvalue weighted by Crippen LogP contribution is -2.21. The largest absolute Gasteiger partial charge is 0.496 e. The number of carbonyl (C=O) groups is 2. The van der Waals surface area contributed by atoms with Crippen molar-refractivity contribution in [2.24, 2.45) is 0 Å². The Morgan fingerprint density at radius 3 is 2.40 bits per heavy atom. The van der Waals surface area contributed by atoms with Crippen molar-refractivity contribution in [3.05, 3.63) is 59.2 Å². The zero-order valence-electron chi connectivity index (χ0n) is 14.8. The lowest BCUT2D eigenvalue weighted by molar-refractivity contribution is -0.147. The highest BCUT2D eigenvalue weighted by atomic mass is 16.5. The molecule has 5 nitrogen and oxygen atoms in total. The molecular weight excluding hydrogens is 318 g/mol. The van der Waals surface area contributed by atoms with Crippen molar-refractivity contribution in [1.29, 1.82) is 0 Å². The second-order valence-corrected chi connectivity index (χ2v) is 5.90. The molecule has 2 aromatic rings. The fourth-order valence-electron chi connectivity index (χ4n) is 2.61. The van der Waals surface area contributed by atoms with Gasteiger partial charge >= 0.3 is 5.97 Å². The molecule has 0 saturated heterocycles. The van der Waals surface area contributed by atoms with Crippen molar-refractivity contribution in [3.63, 3.8) is 0 Å². The van der Waals surface area contributed by atoms with E-state index in [0.717, 1.165) is 22.4 Å². The van der Waals surface area contributed by atoms with Gasteiger partial charge in [0.1, 0.15) is 5.75 Å². The first kappa shape index (κ1) is 18.5. The summed E-state index contributed by atoms with van der Waals surface area (Å²) >= 11 is 0. The molecule has 0 aliphatic carbocycles. The molecule has 0 spiro atoms. The number of ether oxygens (including phenoxy) is 2. The lowest BCUT2D eigenvalue weighted by Gasteiger charge is -2.09. The normalized spacial score (nSPS) is 10.2. The number of benzene rings is 2. The third kappa shape index (κ3) is 5.95. The van der Waals surface area contributed by atoms with E-state index in [0.29, 0.717) is 12.1 Å². The predicted octanol–water partition coefficient (Wildman–Crippen LogP) is 3.43. The molecule has 0 fully saturated rings. The van der Waals surface area contributed by atoms with Crippen molar-refractivity contribution in [3.8, 4) is 5.75 Å². The Hall–Kier alpha value is -2.82. The molecule has 0 radical (unpaired) electrons. The Kier molecular flexibility index (Phi) is 6.57. The Labute approximate surface area is 148 Å². The van der Waals surface area contributed by atoms with E-state index in [-0.39, 0.29) is 18.9 Å². The van der Waals surface area contributed by atoms with Crippen LogP contribution in [-0.2, 0) is 20.7 Å². The molecule has 0 heterocycles. The van der Waals surface area contributed by atoms with Gasteiger partial charge < -0.3 is 14.8 Å². The van der Waals surface area contributed by atoms with E-state index >= 15 is 0 Å². The van der Waals surface area contributed by atoms with Crippen molar-refractivity contribution in [1.82, 2.24) is 0 Å². The summed E-state index contributed by atoms with van der Waals surface area (Å²) in [6, 6.07) is 13.3. The maximum atomic E-state index is 11.9. The number of amides is 1. The molecule has 0 unspecified atom stereocenters. The van der Waals surface area contributed by atoms with E-state index in [9.17, 15) is 9.59 Å². The van der Waals surface area contributed by atoms with Gasteiger partial charge in [0.25, 0.3) is 5.91 Å². The molecule has 2 rings (SSSR count). The number of esters is 1. The fourth-order valence-corrected chi connectivity index (χ4v) is 2.61. The second kappa shape index (κ2) is 8.87. The molecule has 1 amide bonds. The molecule has 0 aliphatic heterocycles. The number of aryl methyl sites for hydroxylation is 3. The van der Waals surface area contributed by atoms with Crippen LogP contribution in [0.25, 0.3) is 0 Å². The van der Waals surface area contributed by atoms with Crippen LogP contribution in [0.3, 0.4) is 0 Å². The van der Waals surface area contributed by atoms with Crippen molar-refractivity contribution < 1.29 is 19.1 Å². The third-order valence-electron chi connectivity index (χ3n) is 3.66. The maximum Gasteiger partial charge on any atom is 0.306 e. The quantitative estimate of drug-likeness (QED) is 0.784. The Morgan fingerprint density at radius 2 is 1.72 bits per heavy atom. The Balaban J connectivity index is 1.78. The van der Waals surface area contributed by atoms with Crippen LogP contribution in [0.1, 0.15) is 23.1 Å². The van der Waals surface area contributed by atoms with Crippen LogP contribution in [0.2, 0.25) is 0 Å². The topological polar surface area (TPSA) is 64.6 Å². The number of hydrogen-bond acceptors (Lipinski definition) is 4. The number of para-hydroxylation sites is 1.